The molecule has 1 saturated heterocycles. The van der Waals surface area contributed by atoms with Gasteiger partial charge in [-0.1, -0.05) is 48.5 Å². The number of anilines is 1. The van der Waals surface area contributed by atoms with E-state index >= 15 is 0 Å². The van der Waals surface area contributed by atoms with E-state index in [0.29, 0.717) is 17.8 Å². The molecular weight excluding hydrogens is 470 g/mol. The van der Waals surface area contributed by atoms with Crippen LogP contribution in [0.4, 0.5) is 5.69 Å². The van der Waals surface area contributed by atoms with Gasteiger partial charge in [-0.05, 0) is 98.9 Å². The third-order valence-electron chi connectivity index (χ3n) is 8.23. The highest BCUT2D eigenvalue weighted by atomic mass is 16.7. The molecular formula is C34H43NO3. The first-order valence-corrected chi connectivity index (χ1v) is 14.1. The van der Waals surface area contributed by atoms with Gasteiger partial charge in [0.15, 0.2) is 6.29 Å². The summed E-state index contributed by atoms with van der Waals surface area (Å²) in [6.07, 6.45) is 4.27. The van der Waals surface area contributed by atoms with Gasteiger partial charge < -0.3 is 19.1 Å². The molecule has 4 nitrogen and oxygen atoms in total. The Bertz CT molecular complexity index is 1170. The fourth-order valence-electron chi connectivity index (χ4n) is 6.49. The molecule has 1 aliphatic carbocycles. The Morgan fingerprint density at radius 3 is 2.11 bits per heavy atom. The third-order valence-corrected chi connectivity index (χ3v) is 8.23. The van der Waals surface area contributed by atoms with Gasteiger partial charge in [-0.2, -0.15) is 0 Å². The molecule has 0 radical (unpaired) electrons. The first kappa shape index (κ1) is 26.8. The second-order valence-electron chi connectivity index (χ2n) is 11.9. The van der Waals surface area contributed by atoms with Crippen molar-refractivity contribution in [2.24, 2.45) is 5.92 Å². The van der Waals surface area contributed by atoms with Crippen molar-refractivity contribution in [1.29, 1.82) is 0 Å². The zero-order valence-corrected chi connectivity index (χ0v) is 23.7. The summed E-state index contributed by atoms with van der Waals surface area (Å²) >= 11 is 0. The summed E-state index contributed by atoms with van der Waals surface area (Å²) in [5, 5.41) is 0. The van der Waals surface area contributed by atoms with Crippen LogP contribution in [0.25, 0.3) is 0 Å². The zero-order chi connectivity index (χ0) is 26.7. The number of benzene rings is 3. The number of hydrogen-bond acceptors (Lipinski definition) is 4. The van der Waals surface area contributed by atoms with E-state index in [0.717, 1.165) is 44.5 Å². The summed E-state index contributed by atoms with van der Waals surface area (Å²) in [6.45, 7) is 8.39. The molecule has 5 rings (SSSR count). The molecule has 1 heterocycles. The van der Waals surface area contributed by atoms with E-state index < -0.39 is 0 Å². The molecule has 1 fully saturated rings. The quantitative estimate of drug-likeness (QED) is 0.305. The maximum atomic E-state index is 6.22. The summed E-state index contributed by atoms with van der Waals surface area (Å²) in [5.41, 5.74) is 6.77. The Kier molecular flexibility index (Phi) is 8.11. The number of fused-ring (bicyclic) bond motifs is 1. The third kappa shape index (κ3) is 5.92. The maximum Gasteiger partial charge on any atom is 0.159 e. The number of piperidine rings is 1. The van der Waals surface area contributed by atoms with E-state index in [4.69, 9.17) is 14.2 Å². The van der Waals surface area contributed by atoms with E-state index in [1.165, 1.54) is 27.9 Å². The maximum absolute atomic E-state index is 6.22. The molecule has 2 aliphatic rings. The highest BCUT2D eigenvalue weighted by Gasteiger charge is 2.33. The summed E-state index contributed by atoms with van der Waals surface area (Å²) in [7, 11) is 3.48. The van der Waals surface area contributed by atoms with Crippen LogP contribution in [0, 0.1) is 5.92 Å². The van der Waals surface area contributed by atoms with Crippen LogP contribution in [-0.4, -0.2) is 39.2 Å². The van der Waals surface area contributed by atoms with Gasteiger partial charge in [-0.3, -0.25) is 0 Å². The van der Waals surface area contributed by atoms with Crippen LogP contribution >= 0.6 is 0 Å². The molecule has 0 N–H and O–H groups in total. The van der Waals surface area contributed by atoms with E-state index in [1.54, 1.807) is 14.2 Å². The van der Waals surface area contributed by atoms with Gasteiger partial charge in [0.05, 0.1) is 0 Å². The van der Waals surface area contributed by atoms with Crippen LogP contribution < -0.4 is 9.64 Å². The molecule has 2 atom stereocenters. The lowest BCUT2D eigenvalue weighted by atomic mass is 9.69. The molecule has 4 heteroatoms. The van der Waals surface area contributed by atoms with E-state index in [2.05, 4.69) is 98.5 Å². The normalized spacial score (nSPS) is 20.4. The SMILES string of the molecule is COC(OC)C1CCN(c2ccc([C@@H]3c4ccc(OC(C)(C)C)cc4CC[C@@H]3c3ccccc3)cc2)CC1. The van der Waals surface area contributed by atoms with Crippen molar-refractivity contribution in [3.63, 3.8) is 0 Å². The van der Waals surface area contributed by atoms with Gasteiger partial charge in [0.2, 0.25) is 0 Å². The zero-order valence-electron chi connectivity index (χ0n) is 23.7. The summed E-state index contributed by atoms with van der Waals surface area (Å²) in [6, 6.07) is 27.2. The smallest absolute Gasteiger partial charge is 0.159 e. The van der Waals surface area contributed by atoms with Crippen LogP contribution in [0.3, 0.4) is 0 Å². The van der Waals surface area contributed by atoms with Crippen LogP contribution in [0.2, 0.25) is 0 Å². The Hall–Kier alpha value is -2.82. The number of rotatable bonds is 7. The molecule has 38 heavy (non-hydrogen) atoms. The lowest BCUT2D eigenvalue weighted by molar-refractivity contribution is -0.141. The highest BCUT2D eigenvalue weighted by molar-refractivity contribution is 5.52. The van der Waals surface area contributed by atoms with E-state index in [-0.39, 0.29) is 11.9 Å². The standard InChI is InChI=1S/C34H43NO3/c1-34(2,3)38-29-16-18-31-27(23-29)13-17-30(24-9-7-6-8-10-24)32(31)25-11-14-28(15-12-25)35-21-19-26(20-22-35)33(36-4)37-5/h6-12,14-16,18,23,26,30,32-33H,13,17,19-22H2,1-5H3/t30-,32+/m1/s1. The predicted molar refractivity (Wildman–Crippen MR) is 155 cm³/mol. The topological polar surface area (TPSA) is 30.9 Å². The van der Waals surface area contributed by atoms with Gasteiger partial charge in [0, 0.05) is 44.8 Å². The van der Waals surface area contributed by atoms with Gasteiger partial charge >= 0.3 is 0 Å². The fourth-order valence-corrected chi connectivity index (χ4v) is 6.49. The minimum Gasteiger partial charge on any atom is -0.488 e. The molecule has 0 aromatic heterocycles. The number of ether oxygens (including phenoxy) is 3. The first-order chi connectivity index (χ1) is 18.4. The molecule has 0 unspecified atom stereocenters. The second kappa shape index (κ2) is 11.5. The Balaban J connectivity index is 1.41. The van der Waals surface area contributed by atoms with Gasteiger partial charge in [0.25, 0.3) is 0 Å². The molecule has 0 spiro atoms. The minimum atomic E-state index is -0.201. The average molecular weight is 514 g/mol. The largest absolute Gasteiger partial charge is 0.488 e. The molecule has 0 amide bonds. The Morgan fingerprint density at radius 2 is 1.47 bits per heavy atom. The first-order valence-electron chi connectivity index (χ1n) is 14.1. The van der Waals surface area contributed by atoms with Gasteiger partial charge in [-0.15, -0.1) is 0 Å². The van der Waals surface area contributed by atoms with Gasteiger partial charge in [0.1, 0.15) is 11.4 Å². The monoisotopic (exact) mass is 513 g/mol. The Labute approximate surface area is 228 Å². The van der Waals surface area contributed by atoms with Crippen LogP contribution in [0.15, 0.2) is 72.8 Å². The molecule has 0 bridgehead atoms. The van der Waals surface area contributed by atoms with Gasteiger partial charge in [-0.25, -0.2) is 0 Å². The van der Waals surface area contributed by atoms with Crippen LogP contribution in [-0.2, 0) is 15.9 Å². The molecule has 3 aromatic carbocycles. The minimum absolute atomic E-state index is 0.102. The molecule has 202 valence electrons. The van der Waals surface area contributed by atoms with Crippen molar-refractivity contribution in [2.75, 3.05) is 32.2 Å². The molecule has 3 aromatic rings. The van der Waals surface area contributed by atoms with Crippen LogP contribution in [0.5, 0.6) is 5.75 Å². The van der Waals surface area contributed by atoms with Crippen molar-refractivity contribution in [2.45, 2.75) is 70.2 Å². The van der Waals surface area contributed by atoms with Crippen molar-refractivity contribution in [3.8, 4) is 5.75 Å². The second-order valence-corrected chi connectivity index (χ2v) is 11.9. The average Bonchev–Trinajstić information content (AvgIpc) is 2.93. The summed E-state index contributed by atoms with van der Waals surface area (Å²) < 4.78 is 17.3. The van der Waals surface area contributed by atoms with Crippen molar-refractivity contribution in [1.82, 2.24) is 0 Å². The number of hydrogen-bond donors (Lipinski definition) is 0. The highest BCUT2D eigenvalue weighted by Crippen LogP contribution is 2.47. The van der Waals surface area contributed by atoms with Crippen molar-refractivity contribution in [3.05, 3.63) is 95.1 Å². The number of aryl methyl sites for hydroxylation is 1. The van der Waals surface area contributed by atoms with E-state index in [1.807, 2.05) is 0 Å². The lowest BCUT2D eigenvalue weighted by Crippen LogP contribution is -2.39. The number of methoxy groups -OCH3 is 2. The van der Waals surface area contributed by atoms with Crippen molar-refractivity contribution < 1.29 is 14.2 Å². The predicted octanol–water partition coefficient (Wildman–Crippen LogP) is 7.56. The fraction of sp³-hybridized carbons (Fsp3) is 0.471. The summed E-state index contributed by atoms with van der Waals surface area (Å²) in [5.74, 6) is 2.21. The number of nitrogens with zero attached hydrogens (tertiary/aromatic N) is 1. The summed E-state index contributed by atoms with van der Waals surface area (Å²) in [4.78, 5) is 2.50. The van der Waals surface area contributed by atoms with Crippen molar-refractivity contribution >= 4 is 5.69 Å². The molecule has 0 saturated carbocycles. The Morgan fingerprint density at radius 1 is 0.789 bits per heavy atom. The van der Waals surface area contributed by atoms with Crippen LogP contribution in [0.1, 0.15) is 74.1 Å². The molecule has 1 aliphatic heterocycles. The lowest BCUT2D eigenvalue weighted by Gasteiger charge is -2.37. The van der Waals surface area contributed by atoms with E-state index in [9.17, 15) is 0 Å².